The molecule has 1 aromatic heterocycles. The van der Waals surface area contributed by atoms with E-state index in [9.17, 15) is 4.79 Å². The normalized spacial score (nSPS) is 15.7. The molecule has 0 spiro atoms. The third-order valence-electron chi connectivity index (χ3n) is 3.45. The van der Waals surface area contributed by atoms with Gasteiger partial charge in [0.1, 0.15) is 0 Å². The highest BCUT2D eigenvalue weighted by molar-refractivity contribution is 5.93. The molecule has 1 fully saturated rings. The standard InChI is InChI=1S/C14H15N3O2/c18-13(19)10-4-5-12-11(8-10)9-15-14(16-12)17-6-2-1-3-7-17/h4-5,8-9H,1-3,6-7H2,(H,18,19). The van der Waals surface area contributed by atoms with E-state index in [0.29, 0.717) is 0 Å². The van der Waals surface area contributed by atoms with Crippen molar-refractivity contribution in [3.05, 3.63) is 30.0 Å². The molecular formula is C14H15N3O2. The quantitative estimate of drug-likeness (QED) is 0.894. The lowest BCUT2D eigenvalue weighted by Crippen LogP contribution is -2.30. The summed E-state index contributed by atoms with van der Waals surface area (Å²) in [7, 11) is 0. The summed E-state index contributed by atoms with van der Waals surface area (Å²) in [6.07, 6.45) is 5.34. The van der Waals surface area contributed by atoms with Gasteiger partial charge in [-0.05, 0) is 37.5 Å². The predicted octanol–water partition coefficient (Wildman–Crippen LogP) is 2.32. The molecule has 1 N–H and O–H groups in total. The van der Waals surface area contributed by atoms with Crippen LogP contribution in [0.1, 0.15) is 29.6 Å². The lowest BCUT2D eigenvalue weighted by molar-refractivity contribution is 0.0697. The smallest absolute Gasteiger partial charge is 0.335 e. The lowest BCUT2D eigenvalue weighted by Gasteiger charge is -2.26. The number of benzene rings is 1. The minimum absolute atomic E-state index is 0.266. The number of hydrogen-bond acceptors (Lipinski definition) is 4. The number of nitrogens with zero attached hydrogens (tertiary/aromatic N) is 3. The van der Waals surface area contributed by atoms with E-state index in [1.807, 2.05) is 0 Å². The van der Waals surface area contributed by atoms with Gasteiger partial charge in [0, 0.05) is 24.7 Å². The fraction of sp³-hybridized carbons (Fsp3) is 0.357. The van der Waals surface area contributed by atoms with E-state index in [2.05, 4.69) is 14.9 Å². The van der Waals surface area contributed by atoms with Gasteiger partial charge in [0.15, 0.2) is 0 Å². The first-order valence-corrected chi connectivity index (χ1v) is 6.49. The minimum Gasteiger partial charge on any atom is -0.478 e. The maximum atomic E-state index is 10.9. The third-order valence-corrected chi connectivity index (χ3v) is 3.45. The number of piperidine rings is 1. The second-order valence-electron chi connectivity index (χ2n) is 4.80. The van der Waals surface area contributed by atoms with Crippen molar-refractivity contribution in [2.45, 2.75) is 19.3 Å². The van der Waals surface area contributed by atoms with Crippen LogP contribution in [-0.4, -0.2) is 34.1 Å². The largest absolute Gasteiger partial charge is 0.478 e. The molecule has 1 saturated heterocycles. The van der Waals surface area contributed by atoms with E-state index in [-0.39, 0.29) is 5.56 Å². The summed E-state index contributed by atoms with van der Waals surface area (Å²) in [6.45, 7) is 2.00. The fourth-order valence-electron chi connectivity index (χ4n) is 2.40. The summed E-state index contributed by atoms with van der Waals surface area (Å²) < 4.78 is 0. The van der Waals surface area contributed by atoms with Gasteiger partial charge in [-0.2, -0.15) is 0 Å². The maximum absolute atomic E-state index is 10.9. The molecule has 1 aromatic carbocycles. The molecular weight excluding hydrogens is 242 g/mol. The third kappa shape index (κ3) is 2.36. The molecule has 0 amide bonds. The van der Waals surface area contributed by atoms with Crippen LogP contribution in [0.15, 0.2) is 24.4 Å². The fourth-order valence-corrected chi connectivity index (χ4v) is 2.40. The summed E-state index contributed by atoms with van der Waals surface area (Å²) in [5.41, 5.74) is 1.06. The molecule has 2 heterocycles. The van der Waals surface area contributed by atoms with Gasteiger partial charge in [-0.3, -0.25) is 0 Å². The van der Waals surface area contributed by atoms with Crippen molar-refractivity contribution in [1.29, 1.82) is 0 Å². The number of fused-ring (bicyclic) bond motifs is 1. The molecule has 0 unspecified atom stereocenters. The van der Waals surface area contributed by atoms with Crippen molar-refractivity contribution in [2.24, 2.45) is 0 Å². The molecule has 98 valence electrons. The second kappa shape index (κ2) is 4.84. The van der Waals surface area contributed by atoms with E-state index < -0.39 is 5.97 Å². The first-order valence-electron chi connectivity index (χ1n) is 6.49. The monoisotopic (exact) mass is 257 g/mol. The Bertz CT molecular complexity index is 621. The predicted molar refractivity (Wildman–Crippen MR) is 72.6 cm³/mol. The van der Waals surface area contributed by atoms with Crippen LogP contribution in [0.5, 0.6) is 0 Å². The van der Waals surface area contributed by atoms with E-state index in [0.717, 1.165) is 29.9 Å². The molecule has 3 rings (SSSR count). The van der Waals surface area contributed by atoms with Crippen molar-refractivity contribution < 1.29 is 9.90 Å². The molecule has 5 nitrogen and oxygen atoms in total. The topological polar surface area (TPSA) is 66.3 Å². The van der Waals surface area contributed by atoms with E-state index in [1.54, 1.807) is 24.4 Å². The number of carbonyl (C=O) groups is 1. The van der Waals surface area contributed by atoms with E-state index in [4.69, 9.17) is 5.11 Å². The van der Waals surface area contributed by atoms with Crippen molar-refractivity contribution in [3.63, 3.8) is 0 Å². The SMILES string of the molecule is O=C(O)c1ccc2nc(N3CCCCC3)ncc2c1. The van der Waals surface area contributed by atoms with Crippen LogP contribution >= 0.6 is 0 Å². The molecule has 19 heavy (non-hydrogen) atoms. The highest BCUT2D eigenvalue weighted by Crippen LogP contribution is 2.19. The molecule has 2 aromatic rings. The Morgan fingerprint density at radius 3 is 2.74 bits per heavy atom. The number of aromatic nitrogens is 2. The molecule has 0 atom stereocenters. The second-order valence-corrected chi connectivity index (χ2v) is 4.80. The maximum Gasteiger partial charge on any atom is 0.335 e. The molecule has 1 aliphatic heterocycles. The van der Waals surface area contributed by atoms with Gasteiger partial charge in [-0.25, -0.2) is 14.8 Å². The van der Waals surface area contributed by atoms with Crippen molar-refractivity contribution in [1.82, 2.24) is 9.97 Å². The Morgan fingerprint density at radius 1 is 1.21 bits per heavy atom. The zero-order valence-corrected chi connectivity index (χ0v) is 10.5. The summed E-state index contributed by atoms with van der Waals surface area (Å²) in [5, 5.41) is 9.72. The van der Waals surface area contributed by atoms with E-state index >= 15 is 0 Å². The highest BCUT2D eigenvalue weighted by atomic mass is 16.4. The van der Waals surface area contributed by atoms with E-state index in [1.165, 1.54) is 19.3 Å². The van der Waals surface area contributed by atoms with Gasteiger partial charge in [0.05, 0.1) is 11.1 Å². The zero-order valence-electron chi connectivity index (χ0n) is 10.5. The van der Waals surface area contributed by atoms with Crippen LogP contribution in [0, 0.1) is 0 Å². The molecule has 1 aliphatic rings. The zero-order chi connectivity index (χ0) is 13.2. The van der Waals surface area contributed by atoms with Gasteiger partial charge < -0.3 is 10.0 Å². The van der Waals surface area contributed by atoms with Gasteiger partial charge in [0.25, 0.3) is 0 Å². The van der Waals surface area contributed by atoms with Gasteiger partial charge in [0.2, 0.25) is 5.95 Å². The number of aromatic carboxylic acids is 1. The van der Waals surface area contributed by atoms with Gasteiger partial charge in [-0.1, -0.05) is 0 Å². The van der Waals surface area contributed by atoms with Crippen LogP contribution in [0.2, 0.25) is 0 Å². The van der Waals surface area contributed by atoms with Gasteiger partial charge in [-0.15, -0.1) is 0 Å². The first-order chi connectivity index (χ1) is 9.24. The Morgan fingerprint density at radius 2 is 2.00 bits per heavy atom. The average Bonchev–Trinajstić information content (AvgIpc) is 2.47. The molecule has 0 bridgehead atoms. The van der Waals surface area contributed by atoms with Gasteiger partial charge >= 0.3 is 5.97 Å². The van der Waals surface area contributed by atoms with Crippen molar-refractivity contribution in [2.75, 3.05) is 18.0 Å². The summed E-state index contributed by atoms with van der Waals surface area (Å²) in [6, 6.07) is 4.93. The van der Waals surface area contributed by atoms with Crippen LogP contribution in [0.4, 0.5) is 5.95 Å². The highest BCUT2D eigenvalue weighted by Gasteiger charge is 2.14. The summed E-state index contributed by atoms with van der Waals surface area (Å²) in [5.74, 6) is -0.183. The Balaban J connectivity index is 1.97. The molecule has 5 heteroatoms. The molecule has 0 saturated carbocycles. The van der Waals surface area contributed by atoms with Crippen LogP contribution in [-0.2, 0) is 0 Å². The summed E-state index contributed by atoms with van der Waals surface area (Å²) in [4.78, 5) is 22.0. The minimum atomic E-state index is -0.929. The number of rotatable bonds is 2. The number of carboxylic acid groups (broad SMARTS) is 1. The summed E-state index contributed by atoms with van der Waals surface area (Å²) >= 11 is 0. The number of carboxylic acids is 1. The Labute approximate surface area is 110 Å². The Kier molecular flexibility index (Phi) is 3.03. The average molecular weight is 257 g/mol. The van der Waals surface area contributed by atoms with Crippen molar-refractivity contribution in [3.8, 4) is 0 Å². The Hall–Kier alpha value is -2.17. The van der Waals surface area contributed by atoms with Crippen LogP contribution in [0.3, 0.4) is 0 Å². The van der Waals surface area contributed by atoms with Crippen LogP contribution in [0.25, 0.3) is 10.9 Å². The van der Waals surface area contributed by atoms with Crippen LogP contribution < -0.4 is 4.90 Å². The molecule has 0 aliphatic carbocycles. The number of anilines is 1. The first kappa shape index (κ1) is 11.9. The van der Waals surface area contributed by atoms with Crippen molar-refractivity contribution >= 4 is 22.8 Å². The number of hydrogen-bond donors (Lipinski definition) is 1. The lowest BCUT2D eigenvalue weighted by atomic mass is 10.1. The molecule has 0 radical (unpaired) electrons.